The maximum absolute atomic E-state index is 12.9. The van der Waals surface area contributed by atoms with E-state index >= 15 is 0 Å². The molecule has 0 aliphatic heterocycles. The highest BCUT2D eigenvalue weighted by molar-refractivity contribution is 5.85. The number of nitrogens with two attached hydrogens (primary N) is 1. The summed E-state index contributed by atoms with van der Waals surface area (Å²) in [6.07, 6.45) is -0.736. The lowest BCUT2D eigenvalue weighted by molar-refractivity contribution is -0.130. The maximum atomic E-state index is 12.9. The highest BCUT2D eigenvalue weighted by Gasteiger charge is 2.15. The number of nitrogens with one attached hydrogen (secondary N) is 1. The van der Waals surface area contributed by atoms with Crippen LogP contribution in [0.4, 0.5) is 8.78 Å². The number of halogens is 3. The molecule has 0 saturated carbocycles. The van der Waals surface area contributed by atoms with Crippen LogP contribution in [-0.4, -0.2) is 25.7 Å². The first kappa shape index (κ1) is 16.8. The number of rotatable bonds is 5. The quantitative estimate of drug-likeness (QED) is 0.845. The Balaban J connectivity index is 0.00000289. The van der Waals surface area contributed by atoms with Crippen molar-refractivity contribution >= 4 is 18.3 Å². The topological polar surface area (TPSA) is 64.3 Å². The largest absolute Gasteiger partial charge is 0.370 e. The van der Waals surface area contributed by atoms with Gasteiger partial charge in [-0.15, -0.1) is 12.4 Å². The van der Waals surface area contributed by atoms with Crippen molar-refractivity contribution < 1.29 is 18.3 Å². The minimum absolute atomic E-state index is 0. The van der Waals surface area contributed by atoms with Gasteiger partial charge in [-0.05, 0) is 17.7 Å². The van der Waals surface area contributed by atoms with E-state index in [0.29, 0.717) is 5.56 Å². The second-order valence-corrected chi connectivity index (χ2v) is 3.43. The molecule has 1 unspecified atom stereocenters. The van der Waals surface area contributed by atoms with Crippen molar-refractivity contribution in [2.45, 2.75) is 12.6 Å². The number of carbonyl (C=O) groups is 1. The average molecular weight is 281 g/mol. The molecule has 1 rings (SSSR count). The fourth-order valence-electron chi connectivity index (χ4n) is 1.26. The Hall–Kier alpha value is -1.24. The molecule has 0 radical (unpaired) electrons. The van der Waals surface area contributed by atoms with Gasteiger partial charge < -0.3 is 15.8 Å². The van der Waals surface area contributed by atoms with E-state index in [0.717, 1.165) is 12.1 Å². The molecule has 0 aliphatic carbocycles. The third-order valence-electron chi connectivity index (χ3n) is 2.24. The number of amides is 1. The van der Waals surface area contributed by atoms with Crippen molar-refractivity contribution in [1.82, 2.24) is 5.32 Å². The van der Waals surface area contributed by atoms with Gasteiger partial charge in [0.25, 0.3) is 5.91 Å². The van der Waals surface area contributed by atoms with E-state index in [9.17, 15) is 13.6 Å². The second-order valence-electron chi connectivity index (χ2n) is 3.43. The SMILES string of the molecule is COC(CN)C(=O)NCc1ccc(F)c(F)c1.Cl. The first-order chi connectivity index (χ1) is 8.08. The van der Waals surface area contributed by atoms with Crippen molar-refractivity contribution in [3.8, 4) is 0 Å². The van der Waals surface area contributed by atoms with Gasteiger partial charge in [0, 0.05) is 20.2 Å². The van der Waals surface area contributed by atoms with Crippen LogP contribution in [0, 0.1) is 11.6 Å². The second kappa shape index (κ2) is 7.97. The van der Waals surface area contributed by atoms with Crippen LogP contribution in [0.15, 0.2) is 18.2 Å². The Morgan fingerprint density at radius 2 is 2.11 bits per heavy atom. The van der Waals surface area contributed by atoms with Gasteiger partial charge in [0.15, 0.2) is 11.6 Å². The van der Waals surface area contributed by atoms with Gasteiger partial charge in [0.1, 0.15) is 6.10 Å². The molecule has 3 N–H and O–H groups in total. The number of ether oxygens (including phenoxy) is 1. The molecular formula is C11H15ClF2N2O2. The smallest absolute Gasteiger partial charge is 0.250 e. The van der Waals surface area contributed by atoms with Crippen LogP contribution in [0.5, 0.6) is 0 Å². The lowest BCUT2D eigenvalue weighted by atomic mass is 10.2. The van der Waals surface area contributed by atoms with Crippen LogP contribution >= 0.6 is 12.4 Å². The number of methoxy groups -OCH3 is 1. The number of hydrogen-bond acceptors (Lipinski definition) is 3. The fourth-order valence-corrected chi connectivity index (χ4v) is 1.26. The predicted octanol–water partition coefficient (Wildman–Crippen LogP) is 0.977. The van der Waals surface area contributed by atoms with Crippen molar-refractivity contribution in [1.29, 1.82) is 0 Å². The van der Waals surface area contributed by atoms with Gasteiger partial charge >= 0.3 is 0 Å². The number of carbonyl (C=O) groups excluding carboxylic acids is 1. The summed E-state index contributed by atoms with van der Waals surface area (Å²) in [7, 11) is 1.37. The monoisotopic (exact) mass is 280 g/mol. The van der Waals surface area contributed by atoms with Crippen LogP contribution in [0.3, 0.4) is 0 Å². The molecule has 0 spiro atoms. The summed E-state index contributed by atoms with van der Waals surface area (Å²) < 4.78 is 30.3. The molecular weight excluding hydrogens is 266 g/mol. The Morgan fingerprint density at radius 3 is 2.61 bits per heavy atom. The van der Waals surface area contributed by atoms with Crippen molar-refractivity contribution in [3.63, 3.8) is 0 Å². The summed E-state index contributed by atoms with van der Waals surface area (Å²) in [5.41, 5.74) is 5.76. The summed E-state index contributed by atoms with van der Waals surface area (Å²) in [4.78, 5) is 11.4. The molecule has 102 valence electrons. The normalized spacial score (nSPS) is 11.6. The zero-order valence-corrected chi connectivity index (χ0v) is 10.6. The molecule has 18 heavy (non-hydrogen) atoms. The molecule has 1 aromatic carbocycles. The van der Waals surface area contributed by atoms with E-state index in [4.69, 9.17) is 10.5 Å². The number of benzene rings is 1. The molecule has 0 heterocycles. The van der Waals surface area contributed by atoms with E-state index in [1.807, 2.05) is 0 Å². The average Bonchev–Trinajstić information content (AvgIpc) is 2.32. The highest BCUT2D eigenvalue weighted by atomic mass is 35.5. The van der Waals surface area contributed by atoms with Crippen LogP contribution in [0.1, 0.15) is 5.56 Å². The molecule has 7 heteroatoms. The predicted molar refractivity (Wildman–Crippen MR) is 65.3 cm³/mol. The highest BCUT2D eigenvalue weighted by Crippen LogP contribution is 2.08. The minimum Gasteiger partial charge on any atom is -0.370 e. The fraction of sp³-hybridized carbons (Fsp3) is 0.364. The molecule has 0 aromatic heterocycles. The summed E-state index contributed by atoms with van der Waals surface area (Å²) in [5.74, 6) is -2.25. The van der Waals surface area contributed by atoms with E-state index in [2.05, 4.69) is 5.32 Å². The van der Waals surface area contributed by atoms with Gasteiger partial charge in [-0.2, -0.15) is 0 Å². The van der Waals surface area contributed by atoms with Crippen molar-refractivity contribution in [3.05, 3.63) is 35.4 Å². The Kier molecular flexibility index (Phi) is 7.42. The van der Waals surface area contributed by atoms with Crippen LogP contribution in [0.2, 0.25) is 0 Å². The molecule has 0 saturated heterocycles. The van der Waals surface area contributed by atoms with Gasteiger partial charge in [-0.1, -0.05) is 6.07 Å². The first-order valence-electron chi connectivity index (χ1n) is 5.03. The van der Waals surface area contributed by atoms with Crippen molar-refractivity contribution in [2.75, 3.05) is 13.7 Å². The molecule has 0 aliphatic rings. The zero-order valence-electron chi connectivity index (χ0n) is 9.78. The van der Waals surface area contributed by atoms with Crippen LogP contribution < -0.4 is 11.1 Å². The lowest BCUT2D eigenvalue weighted by Crippen LogP contribution is -2.40. The van der Waals surface area contributed by atoms with Gasteiger partial charge in [-0.25, -0.2) is 8.78 Å². The van der Waals surface area contributed by atoms with Crippen LogP contribution in [0.25, 0.3) is 0 Å². The maximum Gasteiger partial charge on any atom is 0.250 e. The molecule has 1 atom stereocenters. The molecule has 0 bridgehead atoms. The minimum atomic E-state index is -0.945. The third kappa shape index (κ3) is 4.56. The molecule has 1 aromatic rings. The summed E-state index contributed by atoms with van der Waals surface area (Å²) in [6, 6.07) is 3.43. The molecule has 4 nitrogen and oxygen atoms in total. The van der Waals surface area contributed by atoms with Crippen LogP contribution in [-0.2, 0) is 16.1 Å². The van der Waals surface area contributed by atoms with E-state index in [-0.39, 0.29) is 31.4 Å². The van der Waals surface area contributed by atoms with Gasteiger partial charge in [-0.3, -0.25) is 4.79 Å². The summed E-state index contributed by atoms with van der Waals surface area (Å²) in [6.45, 7) is 0.149. The van der Waals surface area contributed by atoms with Gasteiger partial charge in [0.05, 0.1) is 0 Å². The third-order valence-corrected chi connectivity index (χ3v) is 2.24. The standard InChI is InChI=1S/C11H14F2N2O2.ClH/c1-17-10(5-14)11(16)15-6-7-2-3-8(12)9(13)4-7;/h2-4,10H,5-6,14H2,1H3,(H,15,16);1H. The Labute approximate surface area is 110 Å². The molecule has 1 amide bonds. The number of hydrogen-bond donors (Lipinski definition) is 2. The van der Waals surface area contributed by atoms with Gasteiger partial charge in [0.2, 0.25) is 0 Å². The summed E-state index contributed by atoms with van der Waals surface area (Å²) >= 11 is 0. The summed E-state index contributed by atoms with van der Waals surface area (Å²) in [5, 5.41) is 2.51. The van der Waals surface area contributed by atoms with E-state index < -0.39 is 17.7 Å². The Bertz CT molecular complexity index is 401. The van der Waals surface area contributed by atoms with Crippen molar-refractivity contribution in [2.24, 2.45) is 5.73 Å². The van der Waals surface area contributed by atoms with E-state index in [1.165, 1.54) is 13.2 Å². The van der Waals surface area contributed by atoms with E-state index in [1.54, 1.807) is 0 Å². The lowest BCUT2D eigenvalue weighted by Gasteiger charge is -2.13. The first-order valence-corrected chi connectivity index (χ1v) is 5.03. The zero-order chi connectivity index (χ0) is 12.8. The molecule has 0 fully saturated rings. The Morgan fingerprint density at radius 1 is 1.44 bits per heavy atom.